The number of rotatable bonds is 6. The number of halogens is 2. The minimum atomic E-state index is -2.89. The molecule has 1 heterocycles. The lowest BCUT2D eigenvalue weighted by Crippen LogP contribution is -2.68. The molecule has 0 aromatic heterocycles. The molecule has 1 saturated heterocycles. The molecule has 0 saturated carbocycles. The Morgan fingerprint density at radius 2 is 1.39 bits per heavy atom. The first-order chi connectivity index (χ1) is 15.8. The van der Waals surface area contributed by atoms with Crippen LogP contribution >= 0.6 is 0 Å². The average Bonchev–Trinajstić information content (AvgIpc) is 2.73. The SMILES string of the molecule is CC(=O)OC1(C(c2cc(F)cc(F)c2)=S(=O)=O)CN(C(c2ccccc2)c2ccccc2)C1. The van der Waals surface area contributed by atoms with Gasteiger partial charge in [0, 0.05) is 31.6 Å². The molecular formula is C25H21F2NO4S. The van der Waals surface area contributed by atoms with Gasteiger partial charge in [-0.3, -0.25) is 9.69 Å². The summed E-state index contributed by atoms with van der Waals surface area (Å²) in [5.41, 5.74) is 0.196. The van der Waals surface area contributed by atoms with Crippen molar-refractivity contribution in [2.24, 2.45) is 0 Å². The molecule has 5 nitrogen and oxygen atoms in total. The highest BCUT2D eigenvalue weighted by atomic mass is 32.2. The van der Waals surface area contributed by atoms with Gasteiger partial charge in [-0.25, -0.2) is 8.78 Å². The van der Waals surface area contributed by atoms with Crippen LogP contribution in [0.3, 0.4) is 0 Å². The smallest absolute Gasteiger partial charge is 0.303 e. The summed E-state index contributed by atoms with van der Waals surface area (Å²) < 4.78 is 57.9. The number of esters is 1. The van der Waals surface area contributed by atoms with Gasteiger partial charge in [-0.15, -0.1) is 0 Å². The summed E-state index contributed by atoms with van der Waals surface area (Å²) in [6.07, 6.45) is 0. The van der Waals surface area contributed by atoms with Crippen LogP contribution in [0.5, 0.6) is 0 Å². The fourth-order valence-corrected chi connectivity index (χ4v) is 5.19. The summed E-state index contributed by atoms with van der Waals surface area (Å²) in [6.45, 7) is 1.23. The number of hydrogen-bond acceptors (Lipinski definition) is 5. The van der Waals surface area contributed by atoms with E-state index in [4.69, 9.17) is 4.74 Å². The molecule has 170 valence electrons. The number of ether oxygens (including phenoxy) is 1. The maximum Gasteiger partial charge on any atom is 0.303 e. The van der Waals surface area contributed by atoms with Gasteiger partial charge in [0.2, 0.25) is 10.3 Å². The Hall–Kier alpha value is -3.36. The van der Waals surface area contributed by atoms with E-state index in [1.807, 2.05) is 65.6 Å². The molecule has 0 aliphatic carbocycles. The van der Waals surface area contributed by atoms with Gasteiger partial charge in [0.15, 0.2) is 5.60 Å². The molecule has 0 spiro atoms. The fraction of sp³-hybridized carbons (Fsp3) is 0.200. The van der Waals surface area contributed by atoms with E-state index in [0.717, 1.165) is 23.3 Å². The minimum Gasteiger partial charge on any atom is -0.450 e. The van der Waals surface area contributed by atoms with Crippen LogP contribution in [0.1, 0.15) is 29.7 Å². The summed E-state index contributed by atoms with van der Waals surface area (Å²) in [5.74, 6) is -2.53. The number of carbonyl (C=O) groups excluding carboxylic acids is 1. The second-order valence-electron chi connectivity index (χ2n) is 7.94. The third-order valence-corrected chi connectivity index (χ3v) is 6.50. The average molecular weight is 470 g/mol. The predicted octanol–water partition coefficient (Wildman–Crippen LogP) is 3.77. The third kappa shape index (κ3) is 4.72. The first-order valence-electron chi connectivity index (χ1n) is 10.3. The van der Waals surface area contributed by atoms with Crippen LogP contribution in [0.4, 0.5) is 8.78 Å². The maximum atomic E-state index is 13.9. The van der Waals surface area contributed by atoms with Gasteiger partial charge in [-0.1, -0.05) is 60.7 Å². The zero-order valence-corrected chi connectivity index (χ0v) is 18.6. The van der Waals surface area contributed by atoms with Gasteiger partial charge < -0.3 is 4.74 Å². The summed E-state index contributed by atoms with van der Waals surface area (Å²) in [7, 11) is -2.89. The van der Waals surface area contributed by atoms with E-state index in [-0.39, 0.29) is 29.6 Å². The highest BCUT2D eigenvalue weighted by molar-refractivity contribution is 7.73. The molecule has 8 heteroatoms. The Balaban J connectivity index is 1.77. The standard InChI is InChI=1S/C25H21F2NO4S/c1-17(29)32-25(24(33(30)31)20-12-21(26)14-22(27)13-20)15-28(16-25)23(18-8-4-2-5-9-18)19-10-6-3-7-11-19/h2-14,23H,15-16H2,1H3. The molecule has 0 radical (unpaired) electrons. The van der Waals surface area contributed by atoms with E-state index in [1.165, 1.54) is 6.92 Å². The largest absolute Gasteiger partial charge is 0.450 e. The highest BCUT2D eigenvalue weighted by Crippen LogP contribution is 2.39. The predicted molar refractivity (Wildman–Crippen MR) is 120 cm³/mol. The summed E-state index contributed by atoms with van der Waals surface area (Å²) in [4.78, 5) is 13.6. The Kier molecular flexibility index (Phi) is 6.40. The van der Waals surface area contributed by atoms with Gasteiger partial charge in [0.25, 0.3) is 0 Å². The highest BCUT2D eigenvalue weighted by Gasteiger charge is 2.54. The second kappa shape index (κ2) is 9.25. The topological polar surface area (TPSA) is 63.7 Å². The van der Waals surface area contributed by atoms with Crippen molar-refractivity contribution < 1.29 is 26.7 Å². The molecule has 3 aromatic rings. The van der Waals surface area contributed by atoms with Crippen LogP contribution in [0.15, 0.2) is 78.9 Å². The zero-order valence-electron chi connectivity index (χ0n) is 17.7. The normalized spacial score (nSPS) is 15.0. The van der Waals surface area contributed by atoms with Crippen LogP contribution in [-0.4, -0.2) is 42.8 Å². The summed E-state index contributed by atoms with van der Waals surface area (Å²) in [6, 6.07) is 21.5. The number of likely N-dealkylation sites (tertiary alicyclic amines) is 1. The Morgan fingerprint density at radius 1 is 0.909 bits per heavy atom. The van der Waals surface area contributed by atoms with Crippen molar-refractivity contribution in [1.82, 2.24) is 4.90 Å². The molecule has 0 bridgehead atoms. The quantitative estimate of drug-likeness (QED) is 0.313. The van der Waals surface area contributed by atoms with Gasteiger partial charge in [-0.2, -0.15) is 8.42 Å². The molecule has 1 fully saturated rings. The molecule has 0 unspecified atom stereocenters. The van der Waals surface area contributed by atoms with E-state index in [1.54, 1.807) is 0 Å². The zero-order chi connectivity index (χ0) is 23.6. The van der Waals surface area contributed by atoms with E-state index in [2.05, 4.69) is 0 Å². The van der Waals surface area contributed by atoms with E-state index < -0.39 is 33.5 Å². The lowest BCUT2D eigenvalue weighted by Gasteiger charge is -2.52. The van der Waals surface area contributed by atoms with Crippen LogP contribution < -0.4 is 0 Å². The molecule has 0 atom stereocenters. The number of hydrogen-bond donors (Lipinski definition) is 0. The molecule has 0 N–H and O–H groups in total. The number of carbonyl (C=O) groups is 1. The van der Waals surface area contributed by atoms with Gasteiger partial charge in [0.1, 0.15) is 16.5 Å². The molecule has 1 aliphatic rings. The van der Waals surface area contributed by atoms with Crippen molar-refractivity contribution in [1.29, 1.82) is 0 Å². The van der Waals surface area contributed by atoms with Crippen molar-refractivity contribution in [2.75, 3.05) is 13.1 Å². The Bertz CT molecular complexity index is 1240. The lowest BCUT2D eigenvalue weighted by atomic mass is 9.82. The molecule has 4 rings (SSSR count). The van der Waals surface area contributed by atoms with E-state index in [9.17, 15) is 22.0 Å². The fourth-order valence-electron chi connectivity index (χ4n) is 4.40. The van der Waals surface area contributed by atoms with Crippen LogP contribution in [0.2, 0.25) is 0 Å². The van der Waals surface area contributed by atoms with Crippen molar-refractivity contribution in [2.45, 2.75) is 18.6 Å². The molecule has 3 aromatic carbocycles. The maximum absolute atomic E-state index is 13.9. The van der Waals surface area contributed by atoms with E-state index in [0.29, 0.717) is 6.07 Å². The Labute approximate surface area is 191 Å². The first kappa shape index (κ1) is 22.8. The molecule has 1 aliphatic heterocycles. The van der Waals surface area contributed by atoms with Gasteiger partial charge >= 0.3 is 5.97 Å². The van der Waals surface area contributed by atoms with Crippen molar-refractivity contribution in [3.05, 3.63) is 107 Å². The molecular weight excluding hydrogens is 448 g/mol. The lowest BCUT2D eigenvalue weighted by molar-refractivity contribution is -0.165. The number of benzene rings is 3. The number of nitrogens with zero attached hydrogens (tertiary/aromatic N) is 1. The van der Waals surface area contributed by atoms with Crippen molar-refractivity contribution >= 4 is 21.1 Å². The van der Waals surface area contributed by atoms with E-state index >= 15 is 0 Å². The molecule has 33 heavy (non-hydrogen) atoms. The van der Waals surface area contributed by atoms with Gasteiger partial charge in [0.05, 0.1) is 6.04 Å². The molecule has 0 amide bonds. The van der Waals surface area contributed by atoms with Crippen LogP contribution in [0.25, 0.3) is 0 Å². The second-order valence-corrected chi connectivity index (χ2v) is 8.82. The third-order valence-electron chi connectivity index (χ3n) is 5.56. The Morgan fingerprint density at radius 3 is 1.82 bits per heavy atom. The van der Waals surface area contributed by atoms with Crippen LogP contribution in [-0.2, 0) is 19.8 Å². The minimum absolute atomic E-state index is 0.0302. The first-order valence-corrected chi connectivity index (χ1v) is 11.3. The van der Waals surface area contributed by atoms with Crippen LogP contribution in [0, 0.1) is 11.6 Å². The van der Waals surface area contributed by atoms with Crippen molar-refractivity contribution in [3.63, 3.8) is 0 Å². The van der Waals surface area contributed by atoms with Gasteiger partial charge in [-0.05, 0) is 23.3 Å². The monoisotopic (exact) mass is 469 g/mol. The summed E-state index contributed by atoms with van der Waals surface area (Å²) in [5, 5.41) is 0. The van der Waals surface area contributed by atoms with Crippen molar-refractivity contribution in [3.8, 4) is 0 Å². The summed E-state index contributed by atoms with van der Waals surface area (Å²) >= 11 is 0.